The Hall–Kier alpha value is -0.610. The van der Waals surface area contributed by atoms with Gasteiger partial charge in [0.2, 0.25) is 5.91 Å². The number of nitrogens with zero attached hydrogens (tertiary/aromatic N) is 1. The second-order valence-electron chi connectivity index (χ2n) is 5.52. The van der Waals surface area contributed by atoms with E-state index in [9.17, 15) is 4.79 Å². The molecule has 2 rings (SSSR count). The summed E-state index contributed by atoms with van der Waals surface area (Å²) in [4.78, 5) is 14.3. The van der Waals surface area contributed by atoms with Gasteiger partial charge in [-0.05, 0) is 45.3 Å². The highest BCUT2D eigenvalue weighted by Gasteiger charge is 2.23. The Morgan fingerprint density at radius 2 is 2.24 bits per heavy atom. The maximum atomic E-state index is 12.0. The van der Waals surface area contributed by atoms with Crippen LogP contribution < -0.4 is 10.6 Å². The van der Waals surface area contributed by atoms with E-state index in [-0.39, 0.29) is 11.9 Å². The lowest BCUT2D eigenvalue weighted by Gasteiger charge is -2.17. The number of rotatable bonds is 3. The van der Waals surface area contributed by atoms with Crippen LogP contribution in [0.3, 0.4) is 0 Å². The summed E-state index contributed by atoms with van der Waals surface area (Å²) in [6, 6.07) is 0.0524. The number of hydrogen-bond acceptors (Lipinski definition) is 3. The normalized spacial score (nSPS) is 31.1. The van der Waals surface area contributed by atoms with E-state index in [2.05, 4.69) is 22.6 Å². The zero-order chi connectivity index (χ0) is 12.1. The number of carbonyl (C=O) groups is 1. The molecule has 0 radical (unpaired) electrons. The minimum Gasteiger partial charge on any atom is -0.354 e. The van der Waals surface area contributed by atoms with Crippen LogP contribution in [0, 0.1) is 5.92 Å². The summed E-state index contributed by atoms with van der Waals surface area (Å²) >= 11 is 0. The van der Waals surface area contributed by atoms with Gasteiger partial charge in [-0.1, -0.05) is 12.8 Å². The number of likely N-dealkylation sites (tertiary alicyclic amines) is 1. The Morgan fingerprint density at radius 1 is 1.35 bits per heavy atom. The summed E-state index contributed by atoms with van der Waals surface area (Å²) in [6.45, 7) is 4.13. The van der Waals surface area contributed by atoms with Crippen molar-refractivity contribution in [1.82, 2.24) is 15.5 Å². The third-order valence-electron chi connectivity index (χ3n) is 3.93. The van der Waals surface area contributed by atoms with Crippen LogP contribution in [0.15, 0.2) is 0 Å². The van der Waals surface area contributed by atoms with Gasteiger partial charge in [0.05, 0.1) is 6.04 Å². The molecule has 2 atom stereocenters. The molecule has 17 heavy (non-hydrogen) atoms. The summed E-state index contributed by atoms with van der Waals surface area (Å²) in [7, 11) is 2.15. The lowest BCUT2D eigenvalue weighted by molar-refractivity contribution is -0.123. The predicted molar refractivity (Wildman–Crippen MR) is 68.9 cm³/mol. The molecule has 0 aromatic carbocycles. The fraction of sp³-hybridized carbons (Fsp3) is 0.923. The van der Waals surface area contributed by atoms with Gasteiger partial charge in [0, 0.05) is 13.1 Å². The molecule has 0 aromatic rings. The van der Waals surface area contributed by atoms with Crippen molar-refractivity contribution in [3.63, 3.8) is 0 Å². The highest BCUT2D eigenvalue weighted by Crippen LogP contribution is 2.13. The fourth-order valence-corrected chi connectivity index (χ4v) is 2.81. The molecule has 2 aliphatic rings. The smallest absolute Gasteiger partial charge is 0.237 e. The molecule has 98 valence electrons. The van der Waals surface area contributed by atoms with E-state index < -0.39 is 0 Å². The van der Waals surface area contributed by atoms with Crippen molar-refractivity contribution in [3.05, 3.63) is 0 Å². The molecule has 2 heterocycles. The minimum atomic E-state index is 0.0524. The van der Waals surface area contributed by atoms with Crippen LogP contribution in [0.2, 0.25) is 0 Å². The van der Waals surface area contributed by atoms with E-state index in [0.29, 0.717) is 5.92 Å². The molecule has 2 N–H and O–H groups in total. The molecule has 2 aliphatic heterocycles. The van der Waals surface area contributed by atoms with Crippen molar-refractivity contribution in [2.24, 2.45) is 5.92 Å². The molecule has 0 aliphatic carbocycles. The van der Waals surface area contributed by atoms with Crippen molar-refractivity contribution in [2.45, 2.75) is 38.1 Å². The molecule has 0 saturated carbocycles. The number of hydrogen-bond donors (Lipinski definition) is 2. The Balaban J connectivity index is 1.69. The summed E-state index contributed by atoms with van der Waals surface area (Å²) in [6.07, 6.45) is 5.85. The van der Waals surface area contributed by atoms with Gasteiger partial charge in [-0.15, -0.1) is 0 Å². The molecule has 2 saturated heterocycles. The van der Waals surface area contributed by atoms with Crippen molar-refractivity contribution in [1.29, 1.82) is 0 Å². The first-order valence-electron chi connectivity index (χ1n) is 6.95. The molecule has 0 spiro atoms. The Morgan fingerprint density at radius 3 is 3.00 bits per heavy atom. The minimum absolute atomic E-state index is 0.0524. The number of amides is 1. The molecular weight excluding hydrogens is 214 g/mol. The highest BCUT2D eigenvalue weighted by atomic mass is 16.2. The maximum Gasteiger partial charge on any atom is 0.237 e. The summed E-state index contributed by atoms with van der Waals surface area (Å²) in [5.74, 6) is 0.858. The van der Waals surface area contributed by atoms with Crippen molar-refractivity contribution in [3.8, 4) is 0 Å². The van der Waals surface area contributed by atoms with Gasteiger partial charge >= 0.3 is 0 Å². The van der Waals surface area contributed by atoms with Crippen LogP contribution in [-0.4, -0.2) is 50.1 Å². The fourth-order valence-electron chi connectivity index (χ4n) is 2.81. The van der Waals surface area contributed by atoms with Gasteiger partial charge < -0.3 is 15.5 Å². The first-order chi connectivity index (χ1) is 8.25. The summed E-state index contributed by atoms with van der Waals surface area (Å²) in [5.41, 5.74) is 0. The standard InChI is InChI=1S/C13H25N3O/c1-16-8-6-11(10-16)9-15-13(17)12-5-3-2-4-7-14-12/h11-12,14H,2-10H2,1H3,(H,15,17). The first-order valence-corrected chi connectivity index (χ1v) is 6.95. The lowest BCUT2D eigenvalue weighted by atomic mass is 10.1. The monoisotopic (exact) mass is 239 g/mol. The van der Waals surface area contributed by atoms with E-state index in [1.807, 2.05) is 0 Å². The second kappa shape index (κ2) is 6.36. The molecule has 4 nitrogen and oxygen atoms in total. The van der Waals surface area contributed by atoms with Crippen LogP contribution in [0.25, 0.3) is 0 Å². The van der Waals surface area contributed by atoms with Gasteiger partial charge in [0.25, 0.3) is 0 Å². The second-order valence-corrected chi connectivity index (χ2v) is 5.52. The van der Waals surface area contributed by atoms with Gasteiger partial charge in [0.15, 0.2) is 0 Å². The van der Waals surface area contributed by atoms with Gasteiger partial charge in [-0.2, -0.15) is 0 Å². The van der Waals surface area contributed by atoms with Crippen LogP contribution in [-0.2, 0) is 4.79 Å². The number of nitrogens with one attached hydrogen (secondary N) is 2. The Bertz CT molecular complexity index is 249. The molecule has 4 heteroatoms. The zero-order valence-corrected chi connectivity index (χ0v) is 10.9. The van der Waals surface area contributed by atoms with Crippen LogP contribution in [0.5, 0.6) is 0 Å². The SMILES string of the molecule is CN1CCC(CNC(=O)C2CCCCCN2)C1. The van der Waals surface area contributed by atoms with Gasteiger partial charge in [-0.3, -0.25) is 4.79 Å². The topological polar surface area (TPSA) is 44.4 Å². The third kappa shape index (κ3) is 3.96. The molecule has 0 aromatic heterocycles. The van der Waals surface area contributed by atoms with Crippen molar-refractivity contribution < 1.29 is 4.79 Å². The van der Waals surface area contributed by atoms with Gasteiger partial charge in [-0.25, -0.2) is 0 Å². The Kier molecular flexibility index (Phi) is 4.80. The lowest BCUT2D eigenvalue weighted by Crippen LogP contribution is -2.45. The summed E-state index contributed by atoms with van der Waals surface area (Å²) in [5, 5.41) is 6.46. The predicted octanol–water partition coefficient (Wildman–Crippen LogP) is 0.587. The van der Waals surface area contributed by atoms with E-state index in [0.717, 1.165) is 26.1 Å². The molecular formula is C13H25N3O. The molecule has 0 bridgehead atoms. The van der Waals surface area contributed by atoms with E-state index in [1.54, 1.807) is 0 Å². The van der Waals surface area contributed by atoms with E-state index in [1.165, 1.54) is 32.2 Å². The van der Waals surface area contributed by atoms with Crippen LogP contribution in [0.1, 0.15) is 32.1 Å². The van der Waals surface area contributed by atoms with E-state index in [4.69, 9.17) is 0 Å². The maximum absolute atomic E-state index is 12.0. The van der Waals surface area contributed by atoms with E-state index >= 15 is 0 Å². The highest BCUT2D eigenvalue weighted by molar-refractivity contribution is 5.81. The average Bonchev–Trinajstić information content (AvgIpc) is 2.58. The molecule has 2 unspecified atom stereocenters. The molecule has 2 fully saturated rings. The first kappa shape index (κ1) is 12.8. The largest absolute Gasteiger partial charge is 0.354 e. The molecule has 1 amide bonds. The third-order valence-corrected chi connectivity index (χ3v) is 3.93. The average molecular weight is 239 g/mol. The van der Waals surface area contributed by atoms with Crippen molar-refractivity contribution in [2.75, 3.05) is 33.2 Å². The summed E-state index contributed by atoms with van der Waals surface area (Å²) < 4.78 is 0. The van der Waals surface area contributed by atoms with Gasteiger partial charge in [0.1, 0.15) is 0 Å². The Labute approximate surface area is 104 Å². The zero-order valence-electron chi connectivity index (χ0n) is 10.9. The van der Waals surface area contributed by atoms with Crippen LogP contribution in [0.4, 0.5) is 0 Å². The van der Waals surface area contributed by atoms with Crippen molar-refractivity contribution >= 4 is 5.91 Å². The number of carbonyl (C=O) groups excluding carboxylic acids is 1. The van der Waals surface area contributed by atoms with Crippen LogP contribution >= 0.6 is 0 Å². The quantitative estimate of drug-likeness (QED) is 0.757.